The highest BCUT2D eigenvalue weighted by Crippen LogP contribution is 2.29. The second-order valence-corrected chi connectivity index (χ2v) is 6.00. The number of nitrogens with zero attached hydrogens (tertiary/aromatic N) is 2. The van der Waals surface area contributed by atoms with Gasteiger partial charge in [-0.2, -0.15) is 0 Å². The second kappa shape index (κ2) is 6.13. The molecule has 0 amide bonds. The third kappa shape index (κ3) is 2.92. The molecule has 0 bridgehead atoms. The Morgan fingerprint density at radius 2 is 2.00 bits per heavy atom. The molecule has 126 valence electrons. The highest BCUT2D eigenvalue weighted by Gasteiger charge is 2.29. The maximum Gasteiger partial charge on any atom is 0.139 e. The minimum Gasteiger partial charge on any atom is -0.497 e. The summed E-state index contributed by atoms with van der Waals surface area (Å²) >= 11 is 0. The fourth-order valence-corrected chi connectivity index (χ4v) is 2.74. The normalized spacial score (nSPS) is 13.7. The van der Waals surface area contributed by atoms with E-state index in [-0.39, 0.29) is 0 Å². The number of pyridine rings is 1. The van der Waals surface area contributed by atoms with Gasteiger partial charge in [-0.3, -0.25) is 4.98 Å². The summed E-state index contributed by atoms with van der Waals surface area (Å²) < 4.78 is 10.5. The van der Waals surface area contributed by atoms with Gasteiger partial charge < -0.3 is 19.6 Å². The molecular formula is C18H21N3O3. The van der Waals surface area contributed by atoms with Crippen molar-refractivity contribution in [3.8, 4) is 11.5 Å². The van der Waals surface area contributed by atoms with Crippen molar-refractivity contribution in [3.63, 3.8) is 0 Å². The van der Waals surface area contributed by atoms with Gasteiger partial charge in [0.1, 0.15) is 22.9 Å². The number of methoxy groups -OCH3 is 2. The molecule has 6 heteroatoms. The van der Waals surface area contributed by atoms with E-state index in [1.165, 1.54) is 0 Å². The summed E-state index contributed by atoms with van der Waals surface area (Å²) in [5.41, 5.74) is 2.10. The third-order valence-electron chi connectivity index (χ3n) is 4.19. The summed E-state index contributed by atoms with van der Waals surface area (Å²) in [7, 11) is 3.24. The Morgan fingerprint density at radius 3 is 2.71 bits per heavy atom. The van der Waals surface area contributed by atoms with Gasteiger partial charge in [0.2, 0.25) is 0 Å². The van der Waals surface area contributed by atoms with Crippen LogP contribution in [0, 0.1) is 6.92 Å². The lowest BCUT2D eigenvalue weighted by molar-refractivity contribution is 0.0480. The lowest BCUT2D eigenvalue weighted by Gasteiger charge is -2.21. The first-order chi connectivity index (χ1) is 11.4. The smallest absolute Gasteiger partial charge is 0.139 e. The van der Waals surface area contributed by atoms with Crippen LogP contribution in [-0.4, -0.2) is 34.3 Å². The van der Waals surface area contributed by atoms with Gasteiger partial charge in [0.25, 0.3) is 0 Å². The number of H-pyrrole nitrogens is 1. The van der Waals surface area contributed by atoms with Crippen LogP contribution in [0.4, 0.5) is 0 Å². The number of fused-ring (bicyclic) bond motifs is 1. The SMILES string of the molecule is COc1ccc2[nH]c(C(C)(O)Cc3nccc(OC)c3C)nc2c1. The number of aromatic amines is 1. The van der Waals surface area contributed by atoms with Crippen LogP contribution in [0.2, 0.25) is 0 Å². The first kappa shape index (κ1) is 16.3. The molecule has 3 aromatic rings. The van der Waals surface area contributed by atoms with Gasteiger partial charge in [0, 0.05) is 24.2 Å². The maximum atomic E-state index is 10.9. The van der Waals surface area contributed by atoms with Crippen molar-refractivity contribution in [2.75, 3.05) is 14.2 Å². The summed E-state index contributed by atoms with van der Waals surface area (Å²) in [5, 5.41) is 10.9. The molecule has 0 saturated heterocycles. The van der Waals surface area contributed by atoms with Crippen LogP contribution in [-0.2, 0) is 12.0 Å². The van der Waals surface area contributed by atoms with Crippen molar-refractivity contribution >= 4 is 11.0 Å². The Labute approximate surface area is 140 Å². The molecule has 0 radical (unpaired) electrons. The molecule has 6 nitrogen and oxygen atoms in total. The van der Waals surface area contributed by atoms with Crippen LogP contribution in [0.25, 0.3) is 11.0 Å². The van der Waals surface area contributed by atoms with E-state index in [0.717, 1.165) is 33.8 Å². The van der Waals surface area contributed by atoms with Gasteiger partial charge in [-0.1, -0.05) is 0 Å². The quantitative estimate of drug-likeness (QED) is 0.753. The monoisotopic (exact) mass is 327 g/mol. The molecule has 2 N–H and O–H groups in total. The van der Waals surface area contributed by atoms with Crippen molar-refractivity contribution in [2.24, 2.45) is 0 Å². The molecule has 1 aromatic carbocycles. The predicted molar refractivity (Wildman–Crippen MR) is 91.4 cm³/mol. The van der Waals surface area contributed by atoms with E-state index in [0.29, 0.717) is 12.2 Å². The van der Waals surface area contributed by atoms with Gasteiger partial charge >= 0.3 is 0 Å². The number of rotatable bonds is 5. The zero-order valence-corrected chi connectivity index (χ0v) is 14.3. The fraction of sp³-hybridized carbons (Fsp3) is 0.333. The average Bonchev–Trinajstić information content (AvgIpc) is 3.00. The summed E-state index contributed by atoms with van der Waals surface area (Å²) in [6, 6.07) is 7.38. The van der Waals surface area contributed by atoms with Crippen molar-refractivity contribution < 1.29 is 14.6 Å². The zero-order valence-electron chi connectivity index (χ0n) is 14.3. The number of imidazole rings is 1. The molecule has 2 heterocycles. The lowest BCUT2D eigenvalue weighted by Crippen LogP contribution is -2.27. The molecule has 0 aliphatic carbocycles. The number of aliphatic hydroxyl groups is 1. The van der Waals surface area contributed by atoms with Gasteiger partial charge in [-0.15, -0.1) is 0 Å². The molecule has 2 aromatic heterocycles. The Hall–Kier alpha value is -2.60. The average molecular weight is 327 g/mol. The van der Waals surface area contributed by atoms with Crippen molar-refractivity contribution in [3.05, 3.63) is 47.5 Å². The van der Waals surface area contributed by atoms with Crippen LogP contribution in [0.3, 0.4) is 0 Å². The first-order valence-corrected chi connectivity index (χ1v) is 7.69. The molecule has 0 fully saturated rings. The molecule has 0 aliphatic rings. The second-order valence-electron chi connectivity index (χ2n) is 6.00. The van der Waals surface area contributed by atoms with E-state index in [2.05, 4.69) is 15.0 Å². The van der Waals surface area contributed by atoms with Crippen molar-refractivity contribution in [1.29, 1.82) is 0 Å². The Balaban J connectivity index is 1.95. The third-order valence-corrected chi connectivity index (χ3v) is 4.19. The Bertz CT molecular complexity index is 871. The van der Waals surface area contributed by atoms with E-state index in [1.54, 1.807) is 33.4 Å². The number of ether oxygens (including phenoxy) is 2. The highest BCUT2D eigenvalue weighted by molar-refractivity contribution is 5.77. The van der Waals surface area contributed by atoms with Crippen LogP contribution < -0.4 is 9.47 Å². The standard InChI is InChI=1S/C18H21N3O3/c1-11-15(19-8-7-16(11)24-4)10-18(2,22)17-20-13-6-5-12(23-3)9-14(13)21-17/h5-9,22H,10H2,1-4H3,(H,20,21). The summed E-state index contributed by atoms with van der Waals surface area (Å²) in [6.45, 7) is 3.66. The van der Waals surface area contributed by atoms with Gasteiger partial charge in [-0.25, -0.2) is 4.98 Å². The van der Waals surface area contributed by atoms with Crippen molar-refractivity contribution in [1.82, 2.24) is 15.0 Å². The summed E-state index contributed by atoms with van der Waals surface area (Å²) in [4.78, 5) is 12.1. The molecular weight excluding hydrogens is 306 g/mol. The predicted octanol–water partition coefficient (Wildman–Crippen LogP) is 2.73. The molecule has 24 heavy (non-hydrogen) atoms. The minimum atomic E-state index is -1.18. The minimum absolute atomic E-state index is 0.326. The summed E-state index contributed by atoms with van der Waals surface area (Å²) in [6.07, 6.45) is 2.01. The zero-order chi connectivity index (χ0) is 17.3. The molecule has 0 spiro atoms. The van der Waals surface area contributed by atoms with Gasteiger partial charge in [0.05, 0.1) is 30.9 Å². The highest BCUT2D eigenvalue weighted by atomic mass is 16.5. The van der Waals surface area contributed by atoms with Gasteiger partial charge in [0.15, 0.2) is 0 Å². The number of benzene rings is 1. The number of aromatic nitrogens is 3. The fourth-order valence-electron chi connectivity index (χ4n) is 2.74. The van der Waals surface area contributed by atoms with Crippen molar-refractivity contribution in [2.45, 2.75) is 25.9 Å². The Morgan fingerprint density at radius 1 is 1.21 bits per heavy atom. The molecule has 0 aliphatic heterocycles. The molecule has 0 saturated carbocycles. The maximum absolute atomic E-state index is 10.9. The van der Waals surface area contributed by atoms with E-state index in [1.807, 2.05) is 25.1 Å². The number of hydrogen-bond donors (Lipinski definition) is 2. The van der Waals surface area contributed by atoms with Crippen LogP contribution in [0.1, 0.15) is 24.0 Å². The van der Waals surface area contributed by atoms with E-state index in [9.17, 15) is 5.11 Å². The molecule has 1 atom stereocenters. The number of nitrogens with one attached hydrogen (secondary N) is 1. The number of hydrogen-bond acceptors (Lipinski definition) is 5. The van der Waals surface area contributed by atoms with Gasteiger partial charge in [-0.05, 0) is 32.0 Å². The lowest BCUT2D eigenvalue weighted by atomic mass is 9.96. The van der Waals surface area contributed by atoms with E-state index >= 15 is 0 Å². The van der Waals surface area contributed by atoms with Crippen LogP contribution in [0.15, 0.2) is 30.5 Å². The Kier molecular flexibility index (Phi) is 4.15. The van der Waals surface area contributed by atoms with Crippen LogP contribution in [0.5, 0.6) is 11.5 Å². The van der Waals surface area contributed by atoms with Crippen LogP contribution >= 0.6 is 0 Å². The van der Waals surface area contributed by atoms with E-state index in [4.69, 9.17) is 9.47 Å². The summed E-state index contributed by atoms with van der Waals surface area (Å²) in [5.74, 6) is 1.98. The first-order valence-electron chi connectivity index (χ1n) is 7.69. The largest absolute Gasteiger partial charge is 0.497 e. The van der Waals surface area contributed by atoms with E-state index < -0.39 is 5.60 Å². The molecule has 1 unspecified atom stereocenters. The molecule has 3 rings (SSSR count). The topological polar surface area (TPSA) is 80.3 Å².